The van der Waals surface area contributed by atoms with Gasteiger partial charge in [-0.25, -0.2) is 0 Å². The fourth-order valence-electron chi connectivity index (χ4n) is 0.690. The third-order valence-electron chi connectivity index (χ3n) is 1.76. The van der Waals surface area contributed by atoms with Crippen LogP contribution < -0.4 is 0 Å². The number of hydrogen-bond acceptors (Lipinski definition) is 1. The van der Waals surface area contributed by atoms with E-state index in [1.54, 1.807) is 6.08 Å². The molecule has 0 N–H and O–H groups in total. The van der Waals surface area contributed by atoms with E-state index >= 15 is 0 Å². The number of aliphatic imine (C=N–C) groups is 1. The lowest BCUT2D eigenvalue weighted by Crippen LogP contribution is -1.82. The third-order valence-corrected chi connectivity index (χ3v) is 1.76. The Balaban J connectivity index is 3.56. The second kappa shape index (κ2) is 8.98. The molecule has 13 heavy (non-hydrogen) atoms. The van der Waals surface area contributed by atoms with Crippen molar-refractivity contribution in [1.29, 1.82) is 0 Å². The van der Waals surface area contributed by atoms with Crippen LogP contribution in [0.4, 0.5) is 0 Å². The molecule has 0 rings (SSSR count). The topological polar surface area (TPSA) is 12.4 Å². The van der Waals surface area contributed by atoms with Gasteiger partial charge in [0.25, 0.3) is 0 Å². The highest BCUT2D eigenvalue weighted by Gasteiger charge is 1.87. The van der Waals surface area contributed by atoms with Crippen molar-refractivity contribution < 1.29 is 0 Å². The number of rotatable bonds is 6. The van der Waals surface area contributed by atoms with Crippen molar-refractivity contribution in [2.24, 2.45) is 10.9 Å². The lowest BCUT2D eigenvalue weighted by atomic mass is 10.1. The predicted molar refractivity (Wildman–Crippen MR) is 61.0 cm³/mol. The van der Waals surface area contributed by atoms with Crippen LogP contribution in [0.3, 0.4) is 0 Å². The average Bonchev–Trinajstić information content (AvgIpc) is 2.16. The Bertz CT molecular complexity index is 199. The van der Waals surface area contributed by atoms with E-state index in [1.807, 2.05) is 24.6 Å². The molecule has 1 atom stereocenters. The van der Waals surface area contributed by atoms with Crippen LogP contribution in [-0.4, -0.2) is 6.21 Å². The highest BCUT2D eigenvalue weighted by Crippen LogP contribution is 2.01. The molecule has 0 aromatic rings. The molecule has 0 saturated heterocycles. The molecule has 0 spiro atoms. The summed E-state index contributed by atoms with van der Waals surface area (Å²) in [5, 5.41) is 0. The molecular weight excluding hydrogens is 158 g/mol. The second-order valence-corrected chi connectivity index (χ2v) is 2.96. The van der Waals surface area contributed by atoms with Crippen LogP contribution in [0.15, 0.2) is 42.1 Å². The van der Waals surface area contributed by atoms with Crippen molar-refractivity contribution in [1.82, 2.24) is 0 Å². The van der Waals surface area contributed by atoms with Crippen LogP contribution in [0, 0.1) is 5.92 Å². The molecule has 0 aliphatic carbocycles. The van der Waals surface area contributed by atoms with Crippen LogP contribution in [-0.2, 0) is 0 Å². The van der Waals surface area contributed by atoms with Gasteiger partial charge < -0.3 is 0 Å². The summed E-state index contributed by atoms with van der Waals surface area (Å²) in [7, 11) is 0. The molecule has 0 radical (unpaired) electrons. The van der Waals surface area contributed by atoms with E-state index in [1.165, 1.54) is 6.42 Å². The average molecular weight is 177 g/mol. The fourth-order valence-corrected chi connectivity index (χ4v) is 0.690. The van der Waals surface area contributed by atoms with E-state index < -0.39 is 0 Å². The molecule has 72 valence electrons. The maximum atomic E-state index is 4.14. The van der Waals surface area contributed by atoms with Crippen molar-refractivity contribution in [2.75, 3.05) is 0 Å². The quantitative estimate of drug-likeness (QED) is 0.433. The summed E-state index contributed by atoms with van der Waals surface area (Å²) in [6.07, 6.45) is 13.6. The first-order valence-corrected chi connectivity index (χ1v) is 4.77. The van der Waals surface area contributed by atoms with Crippen molar-refractivity contribution in [3.63, 3.8) is 0 Å². The van der Waals surface area contributed by atoms with Gasteiger partial charge >= 0.3 is 0 Å². The zero-order chi connectivity index (χ0) is 9.94. The standard InChI is InChI=1S/C12H19N/c1-4-6-7-8-10-13-11-9-12(3)5-2/h4,6-7,9-12H,1,5,8H2,2-3H3/b7-6-,11-9-,13-10?. The SMILES string of the molecule is C=C/C=C\CC=N/C=C\C(C)CC. The molecule has 0 amide bonds. The van der Waals surface area contributed by atoms with Gasteiger partial charge in [0.05, 0.1) is 0 Å². The molecule has 1 heteroatoms. The van der Waals surface area contributed by atoms with E-state index in [0.29, 0.717) is 5.92 Å². The Morgan fingerprint density at radius 1 is 1.46 bits per heavy atom. The monoisotopic (exact) mass is 177 g/mol. The Morgan fingerprint density at radius 3 is 2.85 bits per heavy atom. The summed E-state index contributed by atoms with van der Waals surface area (Å²) in [6, 6.07) is 0. The van der Waals surface area contributed by atoms with Crippen LogP contribution in [0.1, 0.15) is 26.7 Å². The summed E-state index contributed by atoms with van der Waals surface area (Å²) in [5.41, 5.74) is 0. The second-order valence-electron chi connectivity index (χ2n) is 2.96. The molecule has 0 saturated carbocycles. The van der Waals surface area contributed by atoms with Gasteiger partial charge in [-0.15, -0.1) is 0 Å². The Kier molecular flexibility index (Phi) is 8.21. The van der Waals surface area contributed by atoms with Gasteiger partial charge in [0.15, 0.2) is 0 Å². The Labute approximate surface area is 81.6 Å². The van der Waals surface area contributed by atoms with Gasteiger partial charge in [-0.1, -0.05) is 51.2 Å². The Morgan fingerprint density at radius 2 is 2.23 bits per heavy atom. The molecule has 0 heterocycles. The van der Waals surface area contributed by atoms with Crippen LogP contribution >= 0.6 is 0 Å². The Hall–Kier alpha value is -1.11. The lowest BCUT2D eigenvalue weighted by molar-refractivity contribution is 0.697. The third kappa shape index (κ3) is 8.80. The van der Waals surface area contributed by atoms with Crippen LogP contribution in [0.2, 0.25) is 0 Å². The van der Waals surface area contributed by atoms with E-state index in [2.05, 4.69) is 31.5 Å². The summed E-state index contributed by atoms with van der Waals surface area (Å²) in [6.45, 7) is 7.94. The molecule has 0 aliphatic rings. The van der Waals surface area contributed by atoms with Gasteiger partial charge in [0.2, 0.25) is 0 Å². The number of hydrogen-bond donors (Lipinski definition) is 0. The predicted octanol–water partition coefficient (Wildman–Crippen LogP) is 3.75. The van der Waals surface area contributed by atoms with Crippen molar-refractivity contribution in [2.45, 2.75) is 26.7 Å². The van der Waals surface area contributed by atoms with Gasteiger partial charge in [-0.05, 0) is 5.92 Å². The van der Waals surface area contributed by atoms with Gasteiger partial charge in [-0.2, -0.15) is 0 Å². The fraction of sp³-hybridized carbons (Fsp3) is 0.417. The van der Waals surface area contributed by atoms with Gasteiger partial charge in [-0.3, -0.25) is 4.99 Å². The van der Waals surface area contributed by atoms with Crippen molar-refractivity contribution >= 4 is 6.21 Å². The minimum Gasteiger partial charge on any atom is -0.269 e. The first-order valence-electron chi connectivity index (χ1n) is 4.77. The molecule has 0 fully saturated rings. The molecular formula is C12H19N. The van der Waals surface area contributed by atoms with Crippen LogP contribution in [0.5, 0.6) is 0 Å². The van der Waals surface area contributed by atoms with E-state index in [-0.39, 0.29) is 0 Å². The normalized spacial score (nSPS) is 14.6. The number of nitrogens with zero attached hydrogens (tertiary/aromatic N) is 1. The van der Waals surface area contributed by atoms with E-state index in [0.717, 1.165) is 6.42 Å². The first kappa shape index (κ1) is 11.9. The van der Waals surface area contributed by atoms with E-state index in [4.69, 9.17) is 0 Å². The molecule has 1 nitrogen and oxygen atoms in total. The summed E-state index contributed by atoms with van der Waals surface area (Å²) >= 11 is 0. The van der Waals surface area contributed by atoms with Crippen molar-refractivity contribution in [3.8, 4) is 0 Å². The van der Waals surface area contributed by atoms with Gasteiger partial charge in [0, 0.05) is 18.8 Å². The van der Waals surface area contributed by atoms with Gasteiger partial charge in [0.1, 0.15) is 0 Å². The maximum Gasteiger partial charge on any atom is 0.0226 e. The minimum atomic E-state index is 0.626. The lowest BCUT2D eigenvalue weighted by Gasteiger charge is -1.96. The smallest absolute Gasteiger partial charge is 0.0226 e. The molecule has 0 aromatic carbocycles. The first-order chi connectivity index (χ1) is 6.31. The molecule has 1 unspecified atom stereocenters. The zero-order valence-electron chi connectivity index (χ0n) is 8.61. The largest absolute Gasteiger partial charge is 0.269 e. The maximum absolute atomic E-state index is 4.14. The summed E-state index contributed by atoms with van der Waals surface area (Å²) in [4.78, 5) is 4.14. The highest BCUT2D eigenvalue weighted by molar-refractivity contribution is 5.60. The summed E-state index contributed by atoms with van der Waals surface area (Å²) in [5.74, 6) is 0.626. The van der Waals surface area contributed by atoms with E-state index in [9.17, 15) is 0 Å². The molecule has 0 aromatic heterocycles. The zero-order valence-corrected chi connectivity index (χ0v) is 8.61. The molecule has 0 aliphatic heterocycles. The summed E-state index contributed by atoms with van der Waals surface area (Å²) < 4.78 is 0. The minimum absolute atomic E-state index is 0.626. The molecule has 0 bridgehead atoms. The van der Waals surface area contributed by atoms with Crippen molar-refractivity contribution in [3.05, 3.63) is 37.1 Å². The highest BCUT2D eigenvalue weighted by atomic mass is 14.7. The van der Waals surface area contributed by atoms with Crippen LogP contribution in [0.25, 0.3) is 0 Å². The number of allylic oxidation sites excluding steroid dienone is 4.